The number of thioether (sulfide) groups is 1. The highest BCUT2D eigenvalue weighted by molar-refractivity contribution is 7.99. The van der Waals surface area contributed by atoms with Gasteiger partial charge in [-0.15, -0.1) is 11.8 Å². The first-order valence-corrected chi connectivity index (χ1v) is 12.7. The third-order valence-electron chi connectivity index (χ3n) is 6.94. The first-order valence-electron chi connectivity index (χ1n) is 11.7. The van der Waals surface area contributed by atoms with Gasteiger partial charge in [-0.05, 0) is 49.7 Å². The Hall–Kier alpha value is -2.11. The molecule has 5 heteroatoms. The zero-order valence-corrected chi connectivity index (χ0v) is 19.6. The first-order chi connectivity index (χ1) is 15.2. The van der Waals surface area contributed by atoms with Crippen LogP contribution in [-0.4, -0.2) is 55.0 Å². The van der Waals surface area contributed by atoms with Crippen LogP contribution < -0.4 is 9.80 Å². The fourth-order valence-corrected chi connectivity index (χ4v) is 6.16. The molecule has 1 fully saturated rings. The number of rotatable bonds is 7. The molecule has 3 heterocycles. The minimum Gasteiger partial charge on any atom is -0.369 e. The second kappa shape index (κ2) is 9.17. The van der Waals surface area contributed by atoms with Gasteiger partial charge >= 0.3 is 0 Å². The van der Waals surface area contributed by atoms with Crippen LogP contribution in [0.1, 0.15) is 31.7 Å². The molecule has 0 saturated carbocycles. The number of hydrogen-bond donors (Lipinski definition) is 1. The van der Waals surface area contributed by atoms with E-state index in [1.165, 1.54) is 52.0 Å². The molecule has 1 unspecified atom stereocenters. The SMILES string of the molecule is CCCCC(Cc1c[nH]c2ccccc12)N1CSc2cc(N3CCN(C)CC3)ccc21. The van der Waals surface area contributed by atoms with Gasteiger partial charge in [0.2, 0.25) is 0 Å². The molecule has 0 radical (unpaired) electrons. The average Bonchev–Trinajstić information content (AvgIpc) is 3.41. The lowest BCUT2D eigenvalue weighted by Gasteiger charge is -2.34. The van der Waals surface area contributed by atoms with Gasteiger partial charge in [0.05, 0.1) is 11.6 Å². The van der Waals surface area contributed by atoms with Crippen molar-refractivity contribution in [3.8, 4) is 0 Å². The fourth-order valence-electron chi connectivity index (χ4n) is 4.99. The van der Waals surface area contributed by atoms with E-state index in [-0.39, 0.29) is 0 Å². The fraction of sp³-hybridized carbons (Fsp3) is 0.462. The molecule has 5 rings (SSSR count). The van der Waals surface area contributed by atoms with Gasteiger partial charge in [0.1, 0.15) is 0 Å². The Kier molecular flexibility index (Phi) is 6.15. The van der Waals surface area contributed by atoms with Crippen LogP contribution in [0.4, 0.5) is 11.4 Å². The molecule has 31 heavy (non-hydrogen) atoms. The third-order valence-corrected chi connectivity index (χ3v) is 7.99. The summed E-state index contributed by atoms with van der Waals surface area (Å²) < 4.78 is 0. The summed E-state index contributed by atoms with van der Waals surface area (Å²) in [6.45, 7) is 6.87. The Morgan fingerprint density at radius 2 is 1.90 bits per heavy atom. The Bertz CT molecular complexity index is 1020. The normalized spacial score (nSPS) is 18.0. The number of H-pyrrole nitrogens is 1. The summed E-state index contributed by atoms with van der Waals surface area (Å²) in [5, 5.41) is 1.38. The van der Waals surface area contributed by atoms with Gasteiger partial charge in [0.25, 0.3) is 0 Å². The van der Waals surface area contributed by atoms with Gasteiger partial charge in [-0.25, -0.2) is 0 Å². The highest BCUT2D eigenvalue weighted by Gasteiger charge is 2.28. The molecule has 0 amide bonds. The molecule has 1 N–H and O–H groups in total. The molecule has 1 atom stereocenters. The molecule has 0 bridgehead atoms. The number of aromatic nitrogens is 1. The Balaban J connectivity index is 1.37. The predicted molar refractivity (Wildman–Crippen MR) is 135 cm³/mol. The lowest BCUT2D eigenvalue weighted by molar-refractivity contribution is 0.313. The lowest BCUT2D eigenvalue weighted by Crippen LogP contribution is -2.44. The van der Waals surface area contributed by atoms with Crippen molar-refractivity contribution in [2.75, 3.05) is 48.9 Å². The van der Waals surface area contributed by atoms with E-state index in [1.54, 1.807) is 0 Å². The summed E-state index contributed by atoms with van der Waals surface area (Å²) in [6.07, 6.45) is 7.11. The lowest BCUT2D eigenvalue weighted by atomic mass is 9.99. The highest BCUT2D eigenvalue weighted by atomic mass is 32.2. The number of hydrogen-bond acceptors (Lipinski definition) is 4. The summed E-state index contributed by atoms with van der Waals surface area (Å²) >= 11 is 2.01. The standard InChI is InChI=1S/C26H34N4S/c1-3-4-7-22(16-20-18-27-24-9-6-5-8-23(20)24)30-19-31-26-17-21(10-11-25(26)30)29-14-12-28(2)13-15-29/h5-6,8-11,17-18,22,27H,3-4,7,12-16,19H2,1-2H3. The van der Waals surface area contributed by atoms with Crippen molar-refractivity contribution in [3.05, 3.63) is 54.2 Å². The van der Waals surface area contributed by atoms with Gasteiger partial charge in [-0.3, -0.25) is 0 Å². The zero-order chi connectivity index (χ0) is 21.2. The smallest absolute Gasteiger partial charge is 0.0690 e. The van der Waals surface area contributed by atoms with Crippen molar-refractivity contribution in [3.63, 3.8) is 0 Å². The van der Waals surface area contributed by atoms with Gasteiger partial charge in [-0.1, -0.05) is 38.0 Å². The number of nitrogens with one attached hydrogen (secondary N) is 1. The van der Waals surface area contributed by atoms with E-state index >= 15 is 0 Å². The van der Waals surface area contributed by atoms with Crippen molar-refractivity contribution < 1.29 is 0 Å². The van der Waals surface area contributed by atoms with E-state index in [2.05, 4.69) is 82.3 Å². The van der Waals surface area contributed by atoms with Gasteiger partial charge in [-0.2, -0.15) is 0 Å². The van der Waals surface area contributed by atoms with Crippen molar-refractivity contribution >= 4 is 34.0 Å². The molecule has 0 spiro atoms. The maximum atomic E-state index is 3.47. The number of para-hydroxylation sites is 1. The van der Waals surface area contributed by atoms with E-state index in [0.717, 1.165) is 38.5 Å². The summed E-state index contributed by atoms with van der Waals surface area (Å²) in [5.74, 6) is 1.07. The summed E-state index contributed by atoms with van der Waals surface area (Å²) in [6, 6.07) is 16.4. The molecule has 0 aliphatic carbocycles. The molecule has 3 aromatic rings. The second-order valence-electron chi connectivity index (χ2n) is 9.05. The summed E-state index contributed by atoms with van der Waals surface area (Å²) in [5.41, 5.74) is 5.52. The molecule has 2 aromatic carbocycles. The molecule has 1 saturated heterocycles. The van der Waals surface area contributed by atoms with E-state index in [1.807, 2.05) is 11.8 Å². The number of aromatic amines is 1. The summed E-state index contributed by atoms with van der Waals surface area (Å²) in [4.78, 5) is 12.6. The van der Waals surface area contributed by atoms with E-state index in [4.69, 9.17) is 0 Å². The monoisotopic (exact) mass is 434 g/mol. The molecule has 2 aliphatic heterocycles. The second-order valence-corrected chi connectivity index (χ2v) is 10.0. The molecular formula is C26H34N4S. The van der Waals surface area contributed by atoms with Gasteiger partial charge in [0.15, 0.2) is 0 Å². The number of piperazine rings is 1. The quantitative estimate of drug-likeness (QED) is 0.524. The number of anilines is 2. The van der Waals surface area contributed by atoms with Crippen LogP contribution in [0.3, 0.4) is 0 Å². The van der Waals surface area contributed by atoms with Crippen molar-refractivity contribution in [1.29, 1.82) is 0 Å². The largest absolute Gasteiger partial charge is 0.369 e. The highest BCUT2D eigenvalue weighted by Crippen LogP contribution is 2.43. The number of nitrogens with zero attached hydrogens (tertiary/aromatic N) is 3. The topological polar surface area (TPSA) is 25.5 Å². The number of unbranched alkanes of at least 4 members (excludes halogenated alkanes) is 1. The third kappa shape index (κ3) is 4.31. The van der Waals surface area contributed by atoms with Crippen LogP contribution >= 0.6 is 11.8 Å². The molecule has 4 nitrogen and oxygen atoms in total. The molecule has 164 valence electrons. The maximum Gasteiger partial charge on any atom is 0.0690 e. The minimum atomic E-state index is 0.544. The van der Waals surface area contributed by atoms with Crippen molar-refractivity contribution in [1.82, 2.24) is 9.88 Å². The molecule has 2 aliphatic rings. The Labute approximate surface area is 190 Å². The van der Waals surface area contributed by atoms with Crippen LogP contribution in [0, 0.1) is 0 Å². The van der Waals surface area contributed by atoms with Crippen molar-refractivity contribution in [2.45, 2.75) is 43.5 Å². The van der Waals surface area contributed by atoms with Crippen LogP contribution in [0.15, 0.2) is 53.6 Å². The van der Waals surface area contributed by atoms with Crippen LogP contribution in [0.2, 0.25) is 0 Å². The first kappa shape index (κ1) is 20.8. The molecule has 1 aromatic heterocycles. The van der Waals surface area contributed by atoms with Crippen LogP contribution in [-0.2, 0) is 6.42 Å². The molecular weight excluding hydrogens is 400 g/mol. The number of fused-ring (bicyclic) bond motifs is 2. The minimum absolute atomic E-state index is 0.544. The number of benzene rings is 2. The van der Waals surface area contributed by atoms with E-state index < -0.39 is 0 Å². The van der Waals surface area contributed by atoms with Crippen LogP contribution in [0.25, 0.3) is 10.9 Å². The Morgan fingerprint density at radius 3 is 2.74 bits per heavy atom. The van der Waals surface area contributed by atoms with Gasteiger partial charge in [0, 0.05) is 59.9 Å². The predicted octanol–water partition coefficient (Wildman–Crippen LogP) is 5.59. The van der Waals surface area contributed by atoms with Crippen molar-refractivity contribution in [2.24, 2.45) is 0 Å². The average molecular weight is 435 g/mol. The Morgan fingerprint density at radius 1 is 1.06 bits per heavy atom. The van der Waals surface area contributed by atoms with Gasteiger partial charge < -0.3 is 19.7 Å². The van der Waals surface area contributed by atoms with E-state index in [9.17, 15) is 0 Å². The zero-order valence-electron chi connectivity index (χ0n) is 18.8. The summed E-state index contributed by atoms with van der Waals surface area (Å²) in [7, 11) is 2.22. The number of likely N-dealkylation sites (N-methyl/N-ethyl adjacent to an activating group) is 1. The maximum absolute atomic E-state index is 3.47. The van der Waals surface area contributed by atoms with E-state index in [0.29, 0.717) is 6.04 Å². The van der Waals surface area contributed by atoms with Crippen LogP contribution in [0.5, 0.6) is 0 Å².